The molecule has 122 valence electrons. The summed E-state index contributed by atoms with van der Waals surface area (Å²) >= 11 is 1.78. The van der Waals surface area contributed by atoms with Crippen LogP contribution >= 0.6 is 11.3 Å². The van der Waals surface area contributed by atoms with Gasteiger partial charge in [-0.2, -0.15) is 0 Å². The average molecular weight is 341 g/mol. The molecule has 0 radical (unpaired) electrons. The largest absolute Gasteiger partial charge is 0.236 e. The fourth-order valence-corrected chi connectivity index (χ4v) is 5.12. The third kappa shape index (κ3) is 2.04. The molecule has 1 aliphatic carbocycles. The predicted octanol–water partition coefficient (Wildman–Crippen LogP) is 6.58. The van der Waals surface area contributed by atoms with Crippen molar-refractivity contribution in [2.75, 3.05) is 0 Å². The third-order valence-corrected chi connectivity index (χ3v) is 6.52. The fraction of sp³-hybridized carbons (Fsp3) is 0.174. The van der Waals surface area contributed by atoms with Gasteiger partial charge in [0, 0.05) is 11.0 Å². The minimum Gasteiger partial charge on any atom is -0.236 e. The molecular weight excluding hydrogens is 322 g/mol. The summed E-state index contributed by atoms with van der Waals surface area (Å²) in [5.41, 5.74) is 9.27. The van der Waals surface area contributed by atoms with Crippen LogP contribution in [0.5, 0.6) is 0 Å². The van der Waals surface area contributed by atoms with Gasteiger partial charge < -0.3 is 0 Å². The molecule has 1 aliphatic rings. The number of hydrogen-bond acceptors (Lipinski definition) is 2. The van der Waals surface area contributed by atoms with Crippen molar-refractivity contribution >= 4 is 21.6 Å². The molecule has 0 amide bonds. The maximum Gasteiger partial charge on any atom is 0.124 e. The van der Waals surface area contributed by atoms with E-state index in [0.717, 1.165) is 10.5 Å². The standard InChI is InChI=1S/C23H19NS/c1-14-12-17-15-8-4-5-9-18(15)23(2,3)19(17)13-16(14)22-24-20-10-6-7-11-21(20)25-22/h4-13H,1-3H3. The van der Waals surface area contributed by atoms with Crippen molar-refractivity contribution in [2.24, 2.45) is 0 Å². The monoisotopic (exact) mass is 341 g/mol. The highest BCUT2D eigenvalue weighted by molar-refractivity contribution is 7.21. The summed E-state index contributed by atoms with van der Waals surface area (Å²) in [4.78, 5) is 4.88. The normalized spacial score (nSPS) is 14.5. The molecule has 0 saturated carbocycles. The van der Waals surface area contributed by atoms with Gasteiger partial charge in [0.2, 0.25) is 0 Å². The van der Waals surface area contributed by atoms with Crippen molar-refractivity contribution in [2.45, 2.75) is 26.2 Å². The van der Waals surface area contributed by atoms with E-state index in [1.165, 1.54) is 38.1 Å². The first-order chi connectivity index (χ1) is 12.1. The van der Waals surface area contributed by atoms with Crippen LogP contribution in [0.15, 0.2) is 60.7 Å². The highest BCUT2D eigenvalue weighted by Gasteiger charge is 2.35. The van der Waals surface area contributed by atoms with Crippen LogP contribution in [0.4, 0.5) is 0 Å². The molecule has 0 aliphatic heterocycles. The molecule has 3 aromatic carbocycles. The number of para-hydroxylation sites is 1. The van der Waals surface area contributed by atoms with Crippen LogP contribution in [0.3, 0.4) is 0 Å². The van der Waals surface area contributed by atoms with E-state index in [4.69, 9.17) is 4.98 Å². The lowest BCUT2D eigenvalue weighted by Gasteiger charge is -2.22. The number of nitrogens with zero attached hydrogens (tertiary/aromatic N) is 1. The number of fused-ring (bicyclic) bond motifs is 4. The van der Waals surface area contributed by atoms with Gasteiger partial charge in [-0.1, -0.05) is 56.3 Å². The maximum absolute atomic E-state index is 4.88. The Morgan fingerprint density at radius 2 is 1.56 bits per heavy atom. The molecule has 0 saturated heterocycles. The quantitative estimate of drug-likeness (QED) is 0.381. The molecule has 4 aromatic rings. The van der Waals surface area contributed by atoms with Crippen LogP contribution in [0.2, 0.25) is 0 Å². The second kappa shape index (κ2) is 5.03. The molecule has 0 bridgehead atoms. The van der Waals surface area contributed by atoms with E-state index in [2.05, 4.69) is 81.4 Å². The number of hydrogen-bond donors (Lipinski definition) is 0. The Hall–Kier alpha value is -2.45. The second-order valence-corrected chi connectivity index (χ2v) is 8.40. The Labute approximate surface area is 152 Å². The highest BCUT2D eigenvalue weighted by atomic mass is 32.1. The molecular formula is C23H19NS. The first-order valence-electron chi connectivity index (χ1n) is 8.66. The Morgan fingerprint density at radius 3 is 2.40 bits per heavy atom. The Bertz CT molecular complexity index is 1100. The van der Waals surface area contributed by atoms with Gasteiger partial charge >= 0.3 is 0 Å². The van der Waals surface area contributed by atoms with Crippen LogP contribution in [0.1, 0.15) is 30.5 Å². The number of thiazole rings is 1. The fourth-order valence-electron chi connectivity index (χ4n) is 4.07. The second-order valence-electron chi connectivity index (χ2n) is 7.37. The molecule has 0 spiro atoms. The molecule has 0 N–H and O–H groups in total. The van der Waals surface area contributed by atoms with Gasteiger partial charge in [0.15, 0.2) is 0 Å². The SMILES string of the molecule is Cc1cc2c(cc1-c1nc3ccccc3s1)C(C)(C)c1ccccc1-2. The highest BCUT2D eigenvalue weighted by Crippen LogP contribution is 2.50. The lowest BCUT2D eigenvalue weighted by atomic mass is 9.81. The van der Waals surface area contributed by atoms with Gasteiger partial charge in [-0.15, -0.1) is 11.3 Å². The Balaban J connectivity index is 1.76. The third-order valence-electron chi connectivity index (χ3n) is 5.45. The van der Waals surface area contributed by atoms with E-state index in [0.29, 0.717) is 0 Å². The summed E-state index contributed by atoms with van der Waals surface area (Å²) in [5.74, 6) is 0. The van der Waals surface area contributed by atoms with Crippen LogP contribution in [-0.4, -0.2) is 4.98 Å². The van der Waals surface area contributed by atoms with E-state index in [1.807, 2.05) is 0 Å². The van der Waals surface area contributed by atoms with Crippen LogP contribution < -0.4 is 0 Å². The topological polar surface area (TPSA) is 12.9 Å². The first-order valence-corrected chi connectivity index (χ1v) is 9.48. The van der Waals surface area contributed by atoms with E-state index in [-0.39, 0.29) is 5.41 Å². The summed E-state index contributed by atoms with van der Waals surface area (Å²) in [7, 11) is 0. The molecule has 1 nitrogen and oxygen atoms in total. The molecule has 1 heterocycles. The molecule has 0 atom stereocenters. The summed E-state index contributed by atoms with van der Waals surface area (Å²) in [6.07, 6.45) is 0. The van der Waals surface area contributed by atoms with Gasteiger partial charge in [0.25, 0.3) is 0 Å². The number of aromatic nitrogens is 1. The Morgan fingerprint density at radius 1 is 0.800 bits per heavy atom. The van der Waals surface area contributed by atoms with Crippen LogP contribution in [-0.2, 0) is 5.41 Å². The van der Waals surface area contributed by atoms with Crippen molar-refractivity contribution in [3.63, 3.8) is 0 Å². The lowest BCUT2D eigenvalue weighted by molar-refractivity contribution is 0.660. The maximum atomic E-state index is 4.88. The van der Waals surface area contributed by atoms with Crippen molar-refractivity contribution in [1.82, 2.24) is 4.98 Å². The number of aryl methyl sites for hydroxylation is 1. The minimum atomic E-state index is 0.0328. The molecule has 5 rings (SSSR count). The molecule has 0 fully saturated rings. The minimum absolute atomic E-state index is 0.0328. The van der Waals surface area contributed by atoms with Crippen molar-refractivity contribution in [3.05, 3.63) is 77.4 Å². The molecule has 0 unspecified atom stereocenters. The zero-order valence-corrected chi connectivity index (χ0v) is 15.4. The summed E-state index contributed by atoms with van der Waals surface area (Å²) in [6, 6.07) is 21.9. The van der Waals surface area contributed by atoms with Gasteiger partial charge in [-0.25, -0.2) is 4.98 Å². The van der Waals surface area contributed by atoms with E-state index < -0.39 is 0 Å². The first kappa shape index (κ1) is 14.9. The molecule has 1 aromatic heterocycles. The van der Waals surface area contributed by atoms with Crippen LogP contribution in [0, 0.1) is 6.92 Å². The van der Waals surface area contributed by atoms with E-state index >= 15 is 0 Å². The van der Waals surface area contributed by atoms with Crippen LogP contribution in [0.25, 0.3) is 31.9 Å². The summed E-state index contributed by atoms with van der Waals surface area (Å²) in [6.45, 7) is 6.86. The van der Waals surface area contributed by atoms with Gasteiger partial charge in [0.05, 0.1) is 10.2 Å². The average Bonchev–Trinajstić information content (AvgIpc) is 3.13. The van der Waals surface area contributed by atoms with Gasteiger partial charge in [0.1, 0.15) is 5.01 Å². The number of rotatable bonds is 1. The van der Waals surface area contributed by atoms with E-state index in [1.54, 1.807) is 11.3 Å². The lowest BCUT2D eigenvalue weighted by Crippen LogP contribution is -2.15. The Kier molecular flexibility index (Phi) is 2.99. The van der Waals surface area contributed by atoms with Gasteiger partial charge in [-0.3, -0.25) is 0 Å². The van der Waals surface area contributed by atoms with Crippen molar-refractivity contribution in [3.8, 4) is 21.7 Å². The molecule has 25 heavy (non-hydrogen) atoms. The van der Waals surface area contributed by atoms with E-state index in [9.17, 15) is 0 Å². The molecule has 2 heteroatoms. The zero-order valence-electron chi connectivity index (χ0n) is 14.6. The summed E-state index contributed by atoms with van der Waals surface area (Å²) < 4.78 is 1.25. The predicted molar refractivity (Wildman–Crippen MR) is 107 cm³/mol. The van der Waals surface area contributed by atoms with Gasteiger partial charge in [-0.05, 0) is 52.9 Å². The summed E-state index contributed by atoms with van der Waals surface area (Å²) in [5, 5.41) is 1.12. The van der Waals surface area contributed by atoms with Crippen molar-refractivity contribution in [1.29, 1.82) is 0 Å². The zero-order chi connectivity index (χ0) is 17.2. The number of benzene rings is 3. The van der Waals surface area contributed by atoms with Crippen molar-refractivity contribution < 1.29 is 0 Å². The smallest absolute Gasteiger partial charge is 0.124 e.